The summed E-state index contributed by atoms with van der Waals surface area (Å²) in [5.74, 6) is -0.457. The van der Waals surface area contributed by atoms with Gasteiger partial charge in [0, 0.05) is 12.7 Å². The summed E-state index contributed by atoms with van der Waals surface area (Å²) >= 11 is 0. The first-order chi connectivity index (χ1) is 23.8. The Kier molecular flexibility index (Phi) is 42.7. The molecule has 0 aromatic rings. The Balaban J connectivity index is 3.05. The van der Waals surface area contributed by atoms with Gasteiger partial charge >= 0.3 is 5.97 Å². The molecule has 0 bridgehead atoms. The zero-order chi connectivity index (χ0) is 34.7. The average molecular weight is 697 g/mol. The Bertz CT molecular complexity index is 627. The van der Waals surface area contributed by atoms with Gasteiger partial charge in [-0.1, -0.05) is 58.4 Å². The van der Waals surface area contributed by atoms with Crippen molar-refractivity contribution in [2.45, 2.75) is 58.3 Å². The van der Waals surface area contributed by atoms with E-state index in [9.17, 15) is 4.79 Å². The van der Waals surface area contributed by atoms with Gasteiger partial charge in [-0.25, -0.2) is 4.79 Å². The van der Waals surface area contributed by atoms with Crippen molar-refractivity contribution in [1.29, 1.82) is 0 Å². The highest BCUT2D eigenvalue weighted by Crippen LogP contribution is 2.08. The zero-order valence-electron chi connectivity index (χ0n) is 30.0. The first kappa shape index (κ1) is 46.8. The third kappa shape index (κ3) is 42.8. The molecule has 48 heavy (non-hydrogen) atoms. The fourth-order valence-corrected chi connectivity index (χ4v) is 3.90. The van der Waals surface area contributed by atoms with Crippen molar-refractivity contribution in [2.75, 3.05) is 152 Å². The quantitative estimate of drug-likeness (QED) is 0.0518. The fraction of sp³-hybridized carbons (Fsp3) is 0.914. The second-order valence-corrected chi connectivity index (χ2v) is 10.6. The van der Waals surface area contributed by atoms with E-state index in [-0.39, 0.29) is 6.61 Å². The summed E-state index contributed by atoms with van der Waals surface area (Å²) in [5, 5.41) is 0. The summed E-state index contributed by atoms with van der Waals surface area (Å²) in [4.78, 5) is 10.8. The van der Waals surface area contributed by atoms with Crippen LogP contribution in [0, 0.1) is 0 Å². The zero-order valence-corrected chi connectivity index (χ0v) is 30.0. The van der Waals surface area contributed by atoms with Gasteiger partial charge in [0.05, 0.1) is 139 Å². The molecule has 0 radical (unpaired) electrons. The predicted molar refractivity (Wildman–Crippen MR) is 183 cm³/mol. The van der Waals surface area contributed by atoms with Crippen LogP contribution >= 0.6 is 0 Å². The highest BCUT2D eigenvalue weighted by molar-refractivity contribution is 5.81. The molecule has 0 aliphatic carbocycles. The van der Waals surface area contributed by atoms with Crippen LogP contribution in [0.4, 0.5) is 0 Å². The third-order valence-electron chi connectivity index (χ3n) is 6.50. The molecule has 0 aromatic carbocycles. The number of hydrogen-bond acceptors (Lipinski definition) is 13. The van der Waals surface area contributed by atoms with Crippen LogP contribution in [0.1, 0.15) is 58.3 Å². The summed E-state index contributed by atoms with van der Waals surface area (Å²) < 4.78 is 64.9. The second-order valence-electron chi connectivity index (χ2n) is 10.6. The number of hydrogen-bond donors (Lipinski definition) is 0. The number of esters is 1. The average Bonchev–Trinajstić information content (AvgIpc) is 3.10. The van der Waals surface area contributed by atoms with Crippen LogP contribution in [0.3, 0.4) is 0 Å². The SMILES string of the molecule is C=CC(=O)OCCOCCOCCOCCOCCOCCOCCOCCOCCOCCOCCOCCCCCCCCCC. The van der Waals surface area contributed by atoms with Gasteiger partial charge in [0.25, 0.3) is 0 Å². The van der Waals surface area contributed by atoms with Crippen LogP contribution in [-0.4, -0.2) is 158 Å². The van der Waals surface area contributed by atoms with E-state index in [1.807, 2.05) is 0 Å². The van der Waals surface area contributed by atoms with Crippen LogP contribution in [0.15, 0.2) is 12.7 Å². The summed E-state index contributed by atoms with van der Waals surface area (Å²) in [6.07, 6.45) is 11.6. The Morgan fingerprint density at radius 3 is 0.854 bits per heavy atom. The maximum absolute atomic E-state index is 10.8. The smallest absolute Gasteiger partial charge is 0.330 e. The maximum atomic E-state index is 10.8. The number of rotatable bonds is 43. The Hall–Kier alpha value is -1.23. The van der Waals surface area contributed by atoms with Gasteiger partial charge in [-0.3, -0.25) is 0 Å². The summed E-state index contributed by atoms with van der Waals surface area (Å²) in [7, 11) is 0. The molecule has 0 atom stereocenters. The van der Waals surface area contributed by atoms with Crippen molar-refractivity contribution < 1.29 is 61.6 Å². The van der Waals surface area contributed by atoms with E-state index in [0.29, 0.717) is 139 Å². The van der Waals surface area contributed by atoms with Crippen molar-refractivity contribution in [2.24, 2.45) is 0 Å². The third-order valence-corrected chi connectivity index (χ3v) is 6.50. The molecule has 0 N–H and O–H groups in total. The van der Waals surface area contributed by atoms with Crippen LogP contribution in [0.5, 0.6) is 0 Å². The lowest BCUT2D eigenvalue weighted by Crippen LogP contribution is -2.15. The molecule has 286 valence electrons. The maximum Gasteiger partial charge on any atom is 0.330 e. The molecule has 0 spiro atoms. The first-order valence-electron chi connectivity index (χ1n) is 18.0. The Labute approximate surface area is 290 Å². The van der Waals surface area contributed by atoms with E-state index < -0.39 is 5.97 Å². The molecule has 0 aromatic heterocycles. The molecule has 0 unspecified atom stereocenters. The molecule has 0 aliphatic rings. The molecule has 0 fully saturated rings. The molecule has 0 amide bonds. The van der Waals surface area contributed by atoms with Crippen LogP contribution < -0.4 is 0 Å². The van der Waals surface area contributed by atoms with Gasteiger partial charge in [-0.15, -0.1) is 0 Å². The minimum atomic E-state index is -0.457. The van der Waals surface area contributed by atoms with Gasteiger partial charge in [0.1, 0.15) is 6.61 Å². The van der Waals surface area contributed by atoms with E-state index in [1.54, 1.807) is 0 Å². The lowest BCUT2D eigenvalue weighted by atomic mass is 10.1. The van der Waals surface area contributed by atoms with Gasteiger partial charge in [0.15, 0.2) is 0 Å². The molecule has 0 saturated heterocycles. The second kappa shape index (κ2) is 43.8. The molecule has 13 heteroatoms. The van der Waals surface area contributed by atoms with Crippen molar-refractivity contribution in [1.82, 2.24) is 0 Å². The van der Waals surface area contributed by atoms with E-state index in [4.69, 9.17) is 56.8 Å². The van der Waals surface area contributed by atoms with Crippen molar-refractivity contribution >= 4 is 5.97 Å². The summed E-state index contributed by atoms with van der Waals surface area (Å²) in [5.41, 5.74) is 0. The van der Waals surface area contributed by atoms with Crippen molar-refractivity contribution in [3.05, 3.63) is 12.7 Å². The van der Waals surface area contributed by atoms with E-state index in [0.717, 1.165) is 19.1 Å². The van der Waals surface area contributed by atoms with Crippen LogP contribution in [-0.2, 0) is 61.6 Å². The number of carbonyl (C=O) groups is 1. The molecule has 0 heterocycles. The lowest BCUT2D eigenvalue weighted by Gasteiger charge is -2.09. The molecule has 0 rings (SSSR count). The van der Waals surface area contributed by atoms with Gasteiger partial charge in [-0.2, -0.15) is 0 Å². The normalized spacial score (nSPS) is 11.4. The molecular weight excluding hydrogens is 628 g/mol. The Morgan fingerprint density at radius 2 is 0.583 bits per heavy atom. The highest BCUT2D eigenvalue weighted by Gasteiger charge is 1.98. The number of carbonyl (C=O) groups excluding carboxylic acids is 1. The van der Waals surface area contributed by atoms with Gasteiger partial charge in [-0.05, 0) is 6.42 Å². The Morgan fingerprint density at radius 1 is 0.354 bits per heavy atom. The number of unbranched alkanes of at least 4 members (excludes halogenated alkanes) is 7. The van der Waals surface area contributed by atoms with Gasteiger partial charge < -0.3 is 56.8 Å². The molecule has 13 nitrogen and oxygen atoms in total. The van der Waals surface area contributed by atoms with Crippen LogP contribution in [0.25, 0.3) is 0 Å². The lowest BCUT2D eigenvalue weighted by molar-refractivity contribution is -0.139. The fourth-order valence-electron chi connectivity index (χ4n) is 3.90. The molecule has 0 aliphatic heterocycles. The minimum Gasteiger partial charge on any atom is -0.460 e. The highest BCUT2D eigenvalue weighted by atomic mass is 16.6. The molecular formula is C35H68O13. The summed E-state index contributed by atoms with van der Waals surface area (Å²) in [6.45, 7) is 17.2. The van der Waals surface area contributed by atoms with Gasteiger partial charge in [0.2, 0.25) is 0 Å². The van der Waals surface area contributed by atoms with Crippen LogP contribution in [0.2, 0.25) is 0 Å². The minimum absolute atomic E-state index is 0.200. The number of ether oxygens (including phenoxy) is 12. The topological polar surface area (TPSA) is 128 Å². The van der Waals surface area contributed by atoms with Crippen molar-refractivity contribution in [3.63, 3.8) is 0 Å². The monoisotopic (exact) mass is 696 g/mol. The summed E-state index contributed by atoms with van der Waals surface area (Å²) in [6, 6.07) is 0. The first-order valence-corrected chi connectivity index (χ1v) is 18.0. The largest absolute Gasteiger partial charge is 0.460 e. The van der Waals surface area contributed by atoms with Crippen molar-refractivity contribution in [3.8, 4) is 0 Å². The van der Waals surface area contributed by atoms with E-state index in [1.165, 1.54) is 44.9 Å². The molecule has 0 saturated carbocycles. The van der Waals surface area contributed by atoms with E-state index in [2.05, 4.69) is 13.5 Å². The van der Waals surface area contributed by atoms with E-state index >= 15 is 0 Å². The standard InChI is InChI=1S/C35H68O13/c1-3-5-6-7-8-9-10-11-12-37-13-14-38-15-16-39-17-18-40-19-20-41-21-22-42-23-24-43-25-26-44-27-28-45-29-30-46-31-32-47-33-34-48-35(36)4-2/h4H,2-3,5-34H2,1H3. The predicted octanol–water partition coefficient (Wildman–Crippen LogP) is 4.04.